The SMILES string of the molecule is CC1(C)CCCC1NS(=O)(=O)c1cc(Cl)c(Br)s1. The van der Waals surface area contributed by atoms with Gasteiger partial charge >= 0.3 is 0 Å². The second-order valence-electron chi connectivity index (χ2n) is 5.24. The molecule has 1 fully saturated rings. The Morgan fingerprint density at radius 2 is 2.22 bits per heavy atom. The van der Waals surface area contributed by atoms with Crippen molar-refractivity contribution in [3.05, 3.63) is 14.9 Å². The molecule has 1 aromatic rings. The summed E-state index contributed by atoms with van der Waals surface area (Å²) in [6, 6.07) is 1.49. The second-order valence-corrected chi connectivity index (χ2v) is 9.96. The second kappa shape index (κ2) is 5.05. The molecular weight excluding hydrogens is 358 g/mol. The minimum Gasteiger partial charge on any atom is -0.207 e. The molecular formula is C11H15BrClNO2S2. The van der Waals surface area contributed by atoms with Gasteiger partial charge in [-0.15, -0.1) is 11.3 Å². The fourth-order valence-corrected chi connectivity index (χ4v) is 6.11. The van der Waals surface area contributed by atoms with Gasteiger partial charge < -0.3 is 0 Å². The van der Waals surface area contributed by atoms with Gasteiger partial charge in [-0.25, -0.2) is 13.1 Å². The van der Waals surface area contributed by atoms with Crippen molar-refractivity contribution in [3.63, 3.8) is 0 Å². The summed E-state index contributed by atoms with van der Waals surface area (Å²) < 4.78 is 28.2. The zero-order valence-corrected chi connectivity index (χ0v) is 14.1. The highest BCUT2D eigenvalue weighted by atomic mass is 79.9. The van der Waals surface area contributed by atoms with Crippen LogP contribution < -0.4 is 4.72 Å². The maximum absolute atomic E-state index is 12.3. The Balaban J connectivity index is 2.22. The lowest BCUT2D eigenvalue weighted by Crippen LogP contribution is -2.41. The molecule has 1 N–H and O–H groups in total. The van der Waals surface area contributed by atoms with E-state index < -0.39 is 10.0 Å². The predicted octanol–water partition coefficient (Wildman–Crippen LogP) is 4.02. The molecule has 0 aliphatic heterocycles. The van der Waals surface area contributed by atoms with Crippen LogP contribution in [0.1, 0.15) is 33.1 Å². The van der Waals surface area contributed by atoms with Gasteiger partial charge in [0.25, 0.3) is 0 Å². The third-order valence-electron chi connectivity index (χ3n) is 3.44. The van der Waals surface area contributed by atoms with E-state index in [-0.39, 0.29) is 15.7 Å². The summed E-state index contributed by atoms with van der Waals surface area (Å²) in [5, 5.41) is 0.436. The molecule has 0 radical (unpaired) electrons. The van der Waals surface area contributed by atoms with Crippen molar-refractivity contribution in [2.45, 2.75) is 43.4 Å². The molecule has 7 heteroatoms. The maximum Gasteiger partial charge on any atom is 0.250 e. The van der Waals surface area contributed by atoms with E-state index in [1.165, 1.54) is 6.07 Å². The van der Waals surface area contributed by atoms with Crippen molar-refractivity contribution >= 4 is 48.9 Å². The van der Waals surface area contributed by atoms with Gasteiger partial charge in [0.15, 0.2) is 0 Å². The molecule has 0 spiro atoms. The fourth-order valence-electron chi connectivity index (χ4n) is 2.25. The van der Waals surface area contributed by atoms with Crippen LogP contribution in [0.4, 0.5) is 0 Å². The van der Waals surface area contributed by atoms with E-state index in [9.17, 15) is 8.42 Å². The molecule has 102 valence electrons. The first-order valence-corrected chi connectivity index (χ1v) is 9.16. The zero-order chi connectivity index (χ0) is 13.6. The summed E-state index contributed by atoms with van der Waals surface area (Å²) in [5.74, 6) is 0. The van der Waals surface area contributed by atoms with Gasteiger partial charge in [0, 0.05) is 6.04 Å². The van der Waals surface area contributed by atoms with Crippen LogP contribution in [-0.4, -0.2) is 14.5 Å². The van der Waals surface area contributed by atoms with Crippen molar-refractivity contribution in [2.24, 2.45) is 5.41 Å². The average molecular weight is 373 g/mol. The van der Waals surface area contributed by atoms with Crippen LogP contribution in [0.3, 0.4) is 0 Å². The highest BCUT2D eigenvalue weighted by Gasteiger charge is 2.37. The normalized spacial score (nSPS) is 23.4. The largest absolute Gasteiger partial charge is 0.250 e. The number of nitrogens with one attached hydrogen (secondary N) is 1. The first kappa shape index (κ1) is 14.8. The van der Waals surface area contributed by atoms with Crippen molar-refractivity contribution in [1.82, 2.24) is 4.72 Å². The molecule has 1 aliphatic rings. The summed E-state index contributed by atoms with van der Waals surface area (Å²) in [6.45, 7) is 4.20. The van der Waals surface area contributed by atoms with Gasteiger partial charge in [-0.05, 0) is 40.3 Å². The van der Waals surface area contributed by atoms with E-state index in [4.69, 9.17) is 11.6 Å². The average Bonchev–Trinajstić information content (AvgIpc) is 2.72. The Morgan fingerprint density at radius 3 is 2.67 bits per heavy atom. The molecule has 0 aromatic carbocycles. The third-order valence-corrected chi connectivity index (χ3v) is 7.86. The summed E-state index contributed by atoms with van der Waals surface area (Å²) in [7, 11) is -3.46. The smallest absolute Gasteiger partial charge is 0.207 e. The Morgan fingerprint density at radius 1 is 1.56 bits per heavy atom. The lowest BCUT2D eigenvalue weighted by Gasteiger charge is -2.27. The van der Waals surface area contributed by atoms with E-state index in [2.05, 4.69) is 34.5 Å². The molecule has 1 saturated carbocycles. The van der Waals surface area contributed by atoms with Crippen LogP contribution in [-0.2, 0) is 10.0 Å². The standard InChI is InChI=1S/C11H15BrClNO2S2/c1-11(2)5-3-4-8(11)14-18(15,16)9-6-7(13)10(12)17-9/h6,8,14H,3-5H2,1-2H3. The molecule has 0 amide bonds. The number of hydrogen-bond acceptors (Lipinski definition) is 3. The van der Waals surface area contributed by atoms with Gasteiger partial charge in [-0.1, -0.05) is 31.9 Å². The van der Waals surface area contributed by atoms with Gasteiger partial charge in [0.05, 0.1) is 8.81 Å². The molecule has 0 bridgehead atoms. The van der Waals surface area contributed by atoms with Gasteiger partial charge in [0.2, 0.25) is 10.0 Å². The molecule has 0 saturated heterocycles. The molecule has 1 aromatic heterocycles. The lowest BCUT2D eigenvalue weighted by atomic mass is 9.88. The highest BCUT2D eigenvalue weighted by Crippen LogP contribution is 2.39. The van der Waals surface area contributed by atoms with E-state index in [0.717, 1.165) is 30.6 Å². The first-order chi connectivity index (χ1) is 8.22. The van der Waals surface area contributed by atoms with Crippen LogP contribution in [0.15, 0.2) is 14.1 Å². The van der Waals surface area contributed by atoms with Crippen molar-refractivity contribution < 1.29 is 8.42 Å². The van der Waals surface area contributed by atoms with Crippen LogP contribution in [0, 0.1) is 5.41 Å². The Hall–Kier alpha value is 0.380. The van der Waals surface area contributed by atoms with Crippen LogP contribution in [0.2, 0.25) is 5.02 Å². The van der Waals surface area contributed by atoms with Crippen molar-refractivity contribution in [2.75, 3.05) is 0 Å². The number of thiophene rings is 1. The zero-order valence-electron chi connectivity index (χ0n) is 10.2. The number of hydrogen-bond donors (Lipinski definition) is 1. The van der Waals surface area contributed by atoms with E-state index in [1.807, 2.05) is 0 Å². The number of halogens is 2. The summed E-state index contributed by atoms with van der Waals surface area (Å²) in [6.07, 6.45) is 3.01. The minimum atomic E-state index is -3.46. The number of sulfonamides is 1. The van der Waals surface area contributed by atoms with E-state index in [1.54, 1.807) is 0 Å². The molecule has 1 aliphatic carbocycles. The molecule has 2 rings (SSSR count). The lowest BCUT2D eigenvalue weighted by molar-refractivity contribution is 0.313. The fraction of sp³-hybridized carbons (Fsp3) is 0.636. The van der Waals surface area contributed by atoms with Gasteiger partial charge in [0.1, 0.15) is 4.21 Å². The first-order valence-electron chi connectivity index (χ1n) is 5.69. The summed E-state index contributed by atoms with van der Waals surface area (Å²) in [5.41, 5.74) is 0.0192. The molecule has 1 atom stereocenters. The van der Waals surface area contributed by atoms with E-state index in [0.29, 0.717) is 8.81 Å². The van der Waals surface area contributed by atoms with Gasteiger partial charge in [-0.2, -0.15) is 0 Å². The topological polar surface area (TPSA) is 46.2 Å². The predicted molar refractivity (Wildman–Crippen MR) is 78.8 cm³/mol. The van der Waals surface area contributed by atoms with Crippen LogP contribution in [0.25, 0.3) is 0 Å². The van der Waals surface area contributed by atoms with Gasteiger partial charge in [-0.3, -0.25) is 0 Å². The monoisotopic (exact) mass is 371 g/mol. The summed E-state index contributed by atoms with van der Waals surface area (Å²) >= 11 is 10.3. The molecule has 18 heavy (non-hydrogen) atoms. The van der Waals surface area contributed by atoms with E-state index >= 15 is 0 Å². The van der Waals surface area contributed by atoms with Crippen molar-refractivity contribution in [1.29, 1.82) is 0 Å². The third kappa shape index (κ3) is 2.93. The molecule has 1 unspecified atom stereocenters. The van der Waals surface area contributed by atoms with Crippen molar-refractivity contribution in [3.8, 4) is 0 Å². The maximum atomic E-state index is 12.3. The Kier molecular flexibility index (Phi) is 4.15. The molecule has 3 nitrogen and oxygen atoms in total. The summed E-state index contributed by atoms with van der Waals surface area (Å²) in [4.78, 5) is 0. The number of rotatable bonds is 3. The Bertz CT molecular complexity index is 534. The minimum absolute atomic E-state index is 0.00199. The van der Waals surface area contributed by atoms with Crippen LogP contribution >= 0.6 is 38.9 Å². The van der Waals surface area contributed by atoms with Crippen LogP contribution in [0.5, 0.6) is 0 Å². The highest BCUT2D eigenvalue weighted by molar-refractivity contribution is 9.11. The quantitative estimate of drug-likeness (QED) is 0.871. The Labute approximate surface area is 125 Å². The molecule has 1 heterocycles.